The molecule has 2 atom stereocenters. The van der Waals surface area contributed by atoms with Gasteiger partial charge in [0.2, 0.25) is 0 Å². The normalized spacial score (nSPS) is 24.0. The number of ether oxygens (including phenoxy) is 1. The molecular weight excluding hydrogens is 284 g/mol. The fraction of sp³-hybridized carbons (Fsp3) is 0.583. The first-order chi connectivity index (χ1) is 8.13. The van der Waals surface area contributed by atoms with Crippen molar-refractivity contribution in [3.8, 4) is 0 Å². The van der Waals surface area contributed by atoms with Gasteiger partial charge in [0.05, 0.1) is 18.8 Å². The number of likely N-dealkylation sites (N-methyl/N-ethyl adjacent to an activating group) is 1. The molecule has 1 fully saturated rings. The maximum atomic E-state index is 9.38. The number of anilines is 1. The van der Waals surface area contributed by atoms with E-state index in [1.54, 1.807) is 6.20 Å². The van der Waals surface area contributed by atoms with E-state index in [1.165, 1.54) is 0 Å². The van der Waals surface area contributed by atoms with Crippen molar-refractivity contribution in [2.24, 2.45) is 0 Å². The van der Waals surface area contributed by atoms with Crippen LogP contribution in [-0.4, -0.2) is 35.9 Å². The zero-order valence-corrected chi connectivity index (χ0v) is 11.6. The average molecular weight is 301 g/mol. The molecule has 2 rings (SSSR count). The highest BCUT2D eigenvalue weighted by molar-refractivity contribution is 9.10. The van der Waals surface area contributed by atoms with Crippen molar-refractivity contribution in [2.45, 2.75) is 32.1 Å². The predicted octanol–water partition coefficient (Wildman–Crippen LogP) is 1.95. The number of nitrogens with zero attached hydrogens (tertiary/aromatic N) is 2. The van der Waals surface area contributed by atoms with Crippen molar-refractivity contribution in [3.05, 3.63) is 22.3 Å². The van der Waals surface area contributed by atoms with Gasteiger partial charge in [-0.2, -0.15) is 0 Å². The van der Waals surface area contributed by atoms with Crippen LogP contribution >= 0.6 is 15.9 Å². The molecule has 17 heavy (non-hydrogen) atoms. The zero-order chi connectivity index (χ0) is 12.4. The number of hydrogen-bond acceptors (Lipinski definition) is 4. The molecule has 2 unspecified atom stereocenters. The highest BCUT2D eigenvalue weighted by Gasteiger charge is 2.29. The Balaban J connectivity index is 2.26. The summed E-state index contributed by atoms with van der Waals surface area (Å²) in [5, 5.41) is 9.38. The lowest BCUT2D eigenvalue weighted by atomic mass is 10.1. The van der Waals surface area contributed by atoms with E-state index in [9.17, 15) is 5.11 Å². The number of aliphatic hydroxyl groups excluding tert-OH is 1. The molecule has 4 nitrogen and oxygen atoms in total. The first-order valence-electron chi connectivity index (χ1n) is 5.73. The molecule has 0 spiro atoms. The predicted molar refractivity (Wildman–Crippen MR) is 70.1 cm³/mol. The van der Waals surface area contributed by atoms with Gasteiger partial charge in [-0.3, -0.25) is 0 Å². The van der Waals surface area contributed by atoms with Crippen LogP contribution in [0.4, 0.5) is 5.82 Å². The van der Waals surface area contributed by atoms with Gasteiger partial charge >= 0.3 is 0 Å². The third kappa shape index (κ3) is 2.61. The first-order valence-corrected chi connectivity index (χ1v) is 6.52. The summed E-state index contributed by atoms with van der Waals surface area (Å²) in [4.78, 5) is 6.50. The van der Waals surface area contributed by atoms with Gasteiger partial charge in [0, 0.05) is 29.9 Å². The molecule has 1 aliphatic rings. The van der Waals surface area contributed by atoms with Crippen LogP contribution in [0.15, 0.2) is 16.7 Å². The first kappa shape index (κ1) is 12.8. The summed E-state index contributed by atoms with van der Waals surface area (Å²) < 4.78 is 6.45. The second kappa shape index (κ2) is 5.33. The molecular formula is C12H17BrN2O2. The van der Waals surface area contributed by atoms with Gasteiger partial charge in [0.25, 0.3) is 0 Å². The van der Waals surface area contributed by atoms with E-state index < -0.39 is 0 Å². The van der Waals surface area contributed by atoms with E-state index in [-0.39, 0.29) is 12.7 Å². The van der Waals surface area contributed by atoms with Crippen LogP contribution in [0, 0.1) is 0 Å². The van der Waals surface area contributed by atoms with E-state index in [1.807, 2.05) is 13.1 Å². The van der Waals surface area contributed by atoms with Crippen LogP contribution in [0.1, 0.15) is 18.9 Å². The molecule has 1 aromatic heterocycles. The molecule has 0 radical (unpaired) electrons. The molecule has 0 aromatic carbocycles. The van der Waals surface area contributed by atoms with Gasteiger partial charge in [0.1, 0.15) is 5.82 Å². The van der Waals surface area contributed by atoms with Crippen molar-refractivity contribution in [3.63, 3.8) is 0 Å². The number of hydrogen-bond donors (Lipinski definition) is 1. The van der Waals surface area contributed by atoms with E-state index >= 15 is 0 Å². The fourth-order valence-corrected chi connectivity index (χ4v) is 2.67. The summed E-state index contributed by atoms with van der Waals surface area (Å²) in [6.07, 6.45) is 2.96. The Morgan fingerprint density at radius 2 is 2.41 bits per heavy atom. The summed E-state index contributed by atoms with van der Waals surface area (Å²) in [5.41, 5.74) is 0.834. The van der Waals surface area contributed by atoms with Crippen molar-refractivity contribution in [1.29, 1.82) is 0 Å². The minimum absolute atomic E-state index is 0.00588. The third-order valence-corrected chi connectivity index (χ3v) is 3.68. The molecule has 0 aliphatic carbocycles. The van der Waals surface area contributed by atoms with Crippen molar-refractivity contribution >= 4 is 21.7 Å². The maximum Gasteiger partial charge on any atom is 0.134 e. The lowest BCUT2D eigenvalue weighted by Crippen LogP contribution is -2.37. The Bertz CT molecular complexity index is 400. The molecule has 1 N–H and O–H groups in total. The van der Waals surface area contributed by atoms with Gasteiger partial charge in [-0.05, 0) is 35.3 Å². The van der Waals surface area contributed by atoms with Gasteiger partial charge in [-0.1, -0.05) is 0 Å². The summed E-state index contributed by atoms with van der Waals surface area (Å²) in [5.74, 6) is 0.832. The summed E-state index contributed by atoms with van der Waals surface area (Å²) >= 11 is 3.36. The van der Waals surface area contributed by atoms with Crippen molar-refractivity contribution in [1.82, 2.24) is 4.98 Å². The topological polar surface area (TPSA) is 45.6 Å². The molecule has 1 aromatic rings. The maximum absolute atomic E-state index is 9.38. The van der Waals surface area contributed by atoms with Crippen LogP contribution in [0.5, 0.6) is 0 Å². The Morgan fingerprint density at radius 1 is 1.65 bits per heavy atom. The van der Waals surface area contributed by atoms with Crippen LogP contribution in [0.25, 0.3) is 0 Å². The standard InChI is InChI=1S/C12H17BrN2O2/c1-8-11(3-4-17-8)15(2)12-9(7-16)5-10(13)6-14-12/h5-6,8,11,16H,3-4,7H2,1-2H3. The SMILES string of the molecule is CC1OCCC1N(C)c1ncc(Br)cc1CO. The minimum atomic E-state index is -0.00588. The number of aliphatic hydroxyl groups is 1. The number of aromatic nitrogens is 1. The monoisotopic (exact) mass is 300 g/mol. The molecule has 5 heteroatoms. The Hall–Kier alpha value is -0.650. The molecule has 0 amide bonds. The van der Waals surface area contributed by atoms with Crippen LogP contribution < -0.4 is 4.90 Å². The minimum Gasteiger partial charge on any atom is -0.392 e. The van der Waals surface area contributed by atoms with Crippen LogP contribution in [0.3, 0.4) is 0 Å². The van der Waals surface area contributed by atoms with Gasteiger partial charge in [-0.25, -0.2) is 4.98 Å². The molecule has 0 bridgehead atoms. The van der Waals surface area contributed by atoms with Gasteiger partial charge in [0.15, 0.2) is 0 Å². The number of pyridine rings is 1. The zero-order valence-electron chi connectivity index (χ0n) is 10.1. The fourth-order valence-electron chi connectivity index (χ4n) is 2.29. The molecule has 1 aliphatic heterocycles. The van der Waals surface area contributed by atoms with Gasteiger partial charge in [-0.15, -0.1) is 0 Å². The van der Waals surface area contributed by atoms with Crippen LogP contribution in [0.2, 0.25) is 0 Å². The third-order valence-electron chi connectivity index (χ3n) is 3.25. The largest absolute Gasteiger partial charge is 0.392 e. The quantitative estimate of drug-likeness (QED) is 0.927. The summed E-state index contributed by atoms with van der Waals surface area (Å²) in [7, 11) is 2.01. The Labute approximate surface area is 110 Å². The lowest BCUT2D eigenvalue weighted by molar-refractivity contribution is 0.118. The lowest BCUT2D eigenvalue weighted by Gasteiger charge is -2.29. The molecule has 94 valence electrons. The van der Waals surface area contributed by atoms with Crippen molar-refractivity contribution in [2.75, 3.05) is 18.6 Å². The average Bonchev–Trinajstić information content (AvgIpc) is 2.74. The van der Waals surface area contributed by atoms with Crippen molar-refractivity contribution < 1.29 is 9.84 Å². The number of rotatable bonds is 3. The Morgan fingerprint density at radius 3 is 3.00 bits per heavy atom. The van der Waals surface area contributed by atoms with E-state index in [4.69, 9.17) is 4.74 Å². The van der Waals surface area contributed by atoms with Gasteiger partial charge < -0.3 is 14.7 Å². The van der Waals surface area contributed by atoms with E-state index in [2.05, 4.69) is 32.7 Å². The Kier molecular flexibility index (Phi) is 4.01. The second-order valence-electron chi connectivity index (χ2n) is 4.34. The smallest absolute Gasteiger partial charge is 0.134 e. The van der Waals surface area contributed by atoms with Crippen LogP contribution in [-0.2, 0) is 11.3 Å². The molecule has 0 saturated carbocycles. The second-order valence-corrected chi connectivity index (χ2v) is 5.25. The van der Waals surface area contributed by atoms with E-state index in [0.29, 0.717) is 6.04 Å². The molecule has 2 heterocycles. The molecule has 1 saturated heterocycles. The summed E-state index contributed by atoms with van der Waals surface area (Å²) in [6.45, 7) is 2.86. The summed E-state index contributed by atoms with van der Waals surface area (Å²) in [6, 6.07) is 2.23. The highest BCUT2D eigenvalue weighted by atomic mass is 79.9. The van der Waals surface area contributed by atoms with E-state index in [0.717, 1.165) is 28.9 Å². The number of halogens is 1. The highest BCUT2D eigenvalue weighted by Crippen LogP contribution is 2.27.